The van der Waals surface area contributed by atoms with Crippen LogP contribution in [0.15, 0.2) is 34.1 Å². The summed E-state index contributed by atoms with van der Waals surface area (Å²) in [6.07, 6.45) is 0. The van der Waals surface area contributed by atoms with Crippen molar-refractivity contribution < 1.29 is 19.1 Å². The Morgan fingerprint density at radius 2 is 2.00 bits per heavy atom. The van der Waals surface area contributed by atoms with Crippen LogP contribution in [0, 0.1) is 0 Å². The third kappa shape index (κ3) is 4.20. The van der Waals surface area contributed by atoms with E-state index in [-0.39, 0.29) is 5.91 Å². The summed E-state index contributed by atoms with van der Waals surface area (Å²) < 4.78 is 11.1. The molecule has 1 aromatic carbocycles. The molecule has 2 aromatic rings. The normalized spacial score (nSPS) is 14.2. The van der Waals surface area contributed by atoms with Crippen LogP contribution in [0.1, 0.15) is 20.0 Å². The molecule has 1 fully saturated rings. The molecule has 1 N–H and O–H groups in total. The third-order valence-electron chi connectivity index (χ3n) is 3.83. The van der Waals surface area contributed by atoms with Gasteiger partial charge in [-0.2, -0.15) is 0 Å². The van der Waals surface area contributed by atoms with Gasteiger partial charge in [0, 0.05) is 18.8 Å². The molecule has 0 spiro atoms. The fourth-order valence-electron chi connectivity index (χ4n) is 2.56. The number of carbonyl (C=O) groups is 2. The predicted molar refractivity (Wildman–Crippen MR) is 101 cm³/mol. The van der Waals surface area contributed by atoms with Gasteiger partial charge in [0.15, 0.2) is 0 Å². The first-order chi connectivity index (χ1) is 12.1. The van der Waals surface area contributed by atoms with Crippen molar-refractivity contribution in [3.8, 4) is 0 Å². The SMILES string of the molecule is COC(=O)c1cc(N2CCOCC2)ccc1NC(=O)c1ccc(Br)s1. The van der Waals surface area contributed by atoms with E-state index in [0.717, 1.165) is 22.6 Å². The number of hydrogen-bond acceptors (Lipinski definition) is 6. The van der Waals surface area contributed by atoms with Gasteiger partial charge in [-0.25, -0.2) is 4.79 Å². The summed E-state index contributed by atoms with van der Waals surface area (Å²) in [5.74, 6) is -0.752. The molecule has 1 aromatic heterocycles. The lowest BCUT2D eigenvalue weighted by atomic mass is 10.1. The van der Waals surface area contributed by atoms with Gasteiger partial charge in [0.25, 0.3) is 5.91 Å². The summed E-state index contributed by atoms with van der Waals surface area (Å²) >= 11 is 4.66. The Kier molecular flexibility index (Phi) is 5.72. The fourth-order valence-corrected chi connectivity index (χ4v) is 3.84. The first kappa shape index (κ1) is 17.9. The molecule has 0 bridgehead atoms. The Morgan fingerprint density at radius 1 is 1.24 bits per heavy atom. The van der Waals surface area contributed by atoms with E-state index in [4.69, 9.17) is 9.47 Å². The average Bonchev–Trinajstić information content (AvgIpc) is 3.08. The van der Waals surface area contributed by atoms with E-state index in [0.29, 0.717) is 29.3 Å². The highest BCUT2D eigenvalue weighted by Crippen LogP contribution is 2.27. The standard InChI is InChI=1S/C17H17BrN2O4S/c1-23-17(22)12-10-11(20-6-8-24-9-7-20)2-3-13(12)19-16(21)14-4-5-15(18)25-14/h2-5,10H,6-9H2,1H3,(H,19,21). The van der Waals surface area contributed by atoms with Crippen LogP contribution < -0.4 is 10.2 Å². The quantitative estimate of drug-likeness (QED) is 0.761. The van der Waals surface area contributed by atoms with E-state index in [1.165, 1.54) is 18.4 Å². The molecule has 3 rings (SSSR count). The number of halogens is 1. The number of nitrogens with one attached hydrogen (secondary N) is 1. The molecule has 25 heavy (non-hydrogen) atoms. The summed E-state index contributed by atoms with van der Waals surface area (Å²) in [6.45, 7) is 2.82. The van der Waals surface area contributed by atoms with Crippen LogP contribution >= 0.6 is 27.3 Å². The number of thiophene rings is 1. The van der Waals surface area contributed by atoms with E-state index in [9.17, 15) is 9.59 Å². The number of anilines is 2. The van der Waals surface area contributed by atoms with Crippen LogP contribution in [0.3, 0.4) is 0 Å². The number of rotatable bonds is 4. The average molecular weight is 425 g/mol. The molecule has 0 aliphatic carbocycles. The van der Waals surface area contributed by atoms with Gasteiger partial charge in [0.05, 0.1) is 40.2 Å². The number of amides is 1. The van der Waals surface area contributed by atoms with Crippen molar-refractivity contribution in [3.63, 3.8) is 0 Å². The first-order valence-corrected chi connectivity index (χ1v) is 9.31. The van der Waals surface area contributed by atoms with Crippen molar-refractivity contribution in [2.45, 2.75) is 0 Å². The molecule has 1 aliphatic rings. The zero-order valence-corrected chi connectivity index (χ0v) is 16.0. The first-order valence-electron chi connectivity index (χ1n) is 7.70. The van der Waals surface area contributed by atoms with E-state index in [2.05, 4.69) is 26.1 Å². The Labute approximate surface area is 157 Å². The van der Waals surface area contributed by atoms with Gasteiger partial charge in [-0.1, -0.05) is 0 Å². The zero-order chi connectivity index (χ0) is 17.8. The molecular weight excluding hydrogens is 408 g/mol. The number of benzene rings is 1. The molecule has 0 unspecified atom stereocenters. The van der Waals surface area contributed by atoms with Crippen LogP contribution in [0.25, 0.3) is 0 Å². The number of morpholine rings is 1. The van der Waals surface area contributed by atoms with Crippen LogP contribution in [0.2, 0.25) is 0 Å². The molecule has 1 amide bonds. The largest absolute Gasteiger partial charge is 0.465 e. The molecule has 0 saturated carbocycles. The van der Waals surface area contributed by atoms with Crippen molar-refractivity contribution in [1.29, 1.82) is 0 Å². The Bertz CT molecular complexity index is 787. The molecule has 0 atom stereocenters. The predicted octanol–water partition coefficient (Wildman–Crippen LogP) is 3.39. The van der Waals surface area contributed by atoms with Gasteiger partial charge >= 0.3 is 5.97 Å². The lowest BCUT2D eigenvalue weighted by Crippen LogP contribution is -2.36. The second kappa shape index (κ2) is 7.99. The van der Waals surface area contributed by atoms with Crippen molar-refractivity contribution in [3.05, 3.63) is 44.6 Å². The van der Waals surface area contributed by atoms with Gasteiger partial charge in [-0.05, 0) is 46.3 Å². The van der Waals surface area contributed by atoms with Crippen LogP contribution in [0.5, 0.6) is 0 Å². The summed E-state index contributed by atoms with van der Waals surface area (Å²) in [5, 5.41) is 2.79. The van der Waals surface area contributed by atoms with Crippen molar-refractivity contribution in [2.75, 3.05) is 43.6 Å². The molecule has 8 heteroatoms. The highest BCUT2D eigenvalue weighted by molar-refractivity contribution is 9.11. The topological polar surface area (TPSA) is 67.9 Å². The number of esters is 1. The Balaban J connectivity index is 1.87. The maximum Gasteiger partial charge on any atom is 0.340 e. The monoisotopic (exact) mass is 424 g/mol. The lowest BCUT2D eigenvalue weighted by molar-refractivity contribution is 0.0602. The number of carbonyl (C=O) groups excluding carboxylic acids is 2. The summed E-state index contributed by atoms with van der Waals surface area (Å²) in [4.78, 5) is 27.2. The number of ether oxygens (including phenoxy) is 2. The number of hydrogen-bond donors (Lipinski definition) is 1. The minimum atomic E-state index is -0.488. The maximum absolute atomic E-state index is 12.4. The van der Waals surface area contributed by atoms with E-state index in [1.54, 1.807) is 18.2 Å². The Hall–Kier alpha value is -1.90. The molecule has 1 saturated heterocycles. The molecule has 0 radical (unpaired) electrons. The summed E-state index contributed by atoms with van der Waals surface area (Å²) in [5.41, 5.74) is 1.66. The summed E-state index contributed by atoms with van der Waals surface area (Å²) in [6, 6.07) is 8.90. The summed E-state index contributed by atoms with van der Waals surface area (Å²) in [7, 11) is 1.33. The Morgan fingerprint density at radius 3 is 2.64 bits per heavy atom. The second-order valence-electron chi connectivity index (χ2n) is 5.38. The zero-order valence-electron chi connectivity index (χ0n) is 13.6. The van der Waals surface area contributed by atoms with Gasteiger partial charge in [-0.3, -0.25) is 4.79 Å². The maximum atomic E-state index is 12.4. The van der Waals surface area contributed by atoms with E-state index >= 15 is 0 Å². The highest BCUT2D eigenvalue weighted by Gasteiger charge is 2.19. The van der Waals surface area contributed by atoms with E-state index < -0.39 is 5.97 Å². The van der Waals surface area contributed by atoms with Gasteiger partial charge in [0.2, 0.25) is 0 Å². The molecule has 132 valence electrons. The third-order valence-corrected chi connectivity index (χ3v) is 5.45. The van der Waals surface area contributed by atoms with Crippen molar-refractivity contribution in [2.24, 2.45) is 0 Å². The lowest BCUT2D eigenvalue weighted by Gasteiger charge is -2.29. The molecule has 1 aliphatic heterocycles. The highest BCUT2D eigenvalue weighted by atomic mass is 79.9. The smallest absolute Gasteiger partial charge is 0.340 e. The van der Waals surface area contributed by atoms with Gasteiger partial charge < -0.3 is 19.7 Å². The molecule has 6 nitrogen and oxygen atoms in total. The van der Waals surface area contributed by atoms with E-state index in [1.807, 2.05) is 12.1 Å². The van der Waals surface area contributed by atoms with Gasteiger partial charge in [-0.15, -0.1) is 11.3 Å². The van der Waals surface area contributed by atoms with Crippen LogP contribution in [-0.4, -0.2) is 45.3 Å². The number of methoxy groups -OCH3 is 1. The fraction of sp³-hybridized carbons (Fsp3) is 0.294. The molecular formula is C17H17BrN2O4S. The van der Waals surface area contributed by atoms with Crippen LogP contribution in [-0.2, 0) is 9.47 Å². The number of nitrogens with zero attached hydrogens (tertiary/aromatic N) is 1. The van der Waals surface area contributed by atoms with Crippen LogP contribution in [0.4, 0.5) is 11.4 Å². The van der Waals surface area contributed by atoms with Gasteiger partial charge in [0.1, 0.15) is 0 Å². The minimum Gasteiger partial charge on any atom is -0.465 e. The van der Waals surface area contributed by atoms with Crippen molar-refractivity contribution in [1.82, 2.24) is 0 Å². The molecule has 2 heterocycles. The van der Waals surface area contributed by atoms with Crippen molar-refractivity contribution >= 4 is 50.5 Å². The minimum absolute atomic E-state index is 0.264. The second-order valence-corrected chi connectivity index (χ2v) is 7.84.